The predicted molar refractivity (Wildman–Crippen MR) is 137 cm³/mol. The monoisotopic (exact) mass is 495 g/mol. The highest BCUT2D eigenvalue weighted by Gasteiger charge is 2.34. The van der Waals surface area contributed by atoms with E-state index < -0.39 is 0 Å². The zero-order valence-corrected chi connectivity index (χ0v) is 21.1. The molecular formula is C28H29N7O2. The van der Waals surface area contributed by atoms with Gasteiger partial charge in [-0.1, -0.05) is 30.3 Å². The molecule has 1 aromatic carbocycles. The minimum Gasteiger partial charge on any atom is -0.333 e. The molecule has 4 aromatic rings. The maximum absolute atomic E-state index is 13.9. The zero-order chi connectivity index (χ0) is 25.5. The Kier molecular flexibility index (Phi) is 5.82. The molecule has 3 aromatic heterocycles. The Bertz CT molecular complexity index is 1490. The van der Waals surface area contributed by atoms with E-state index in [4.69, 9.17) is 5.10 Å². The molecule has 2 aliphatic rings. The van der Waals surface area contributed by atoms with E-state index in [0.29, 0.717) is 50.5 Å². The maximum Gasteiger partial charge on any atom is 0.275 e. The summed E-state index contributed by atoms with van der Waals surface area (Å²) in [5, 5.41) is 9.17. The fourth-order valence-electron chi connectivity index (χ4n) is 5.40. The number of hydrogen-bond donors (Lipinski definition) is 0. The summed E-state index contributed by atoms with van der Waals surface area (Å²) in [6.45, 7) is 4.46. The van der Waals surface area contributed by atoms with Crippen LogP contribution >= 0.6 is 0 Å². The number of aromatic nitrogens is 5. The van der Waals surface area contributed by atoms with Crippen LogP contribution in [0.25, 0.3) is 0 Å². The van der Waals surface area contributed by atoms with E-state index in [1.807, 2.05) is 46.8 Å². The van der Waals surface area contributed by atoms with Crippen LogP contribution in [0.5, 0.6) is 0 Å². The fraction of sp³-hybridized carbons (Fsp3) is 0.321. The van der Waals surface area contributed by atoms with Crippen LogP contribution in [-0.2, 0) is 39.5 Å². The molecule has 0 saturated carbocycles. The van der Waals surface area contributed by atoms with Gasteiger partial charge in [-0.05, 0) is 42.7 Å². The lowest BCUT2D eigenvalue weighted by molar-refractivity contribution is 0.0697. The smallest absolute Gasteiger partial charge is 0.275 e. The van der Waals surface area contributed by atoms with Crippen molar-refractivity contribution in [3.05, 3.63) is 99.9 Å². The lowest BCUT2D eigenvalue weighted by Gasteiger charge is -2.30. The predicted octanol–water partition coefficient (Wildman–Crippen LogP) is 2.77. The van der Waals surface area contributed by atoms with Crippen LogP contribution in [0.3, 0.4) is 0 Å². The number of hydrogen-bond acceptors (Lipinski definition) is 5. The minimum absolute atomic E-state index is 0.0866. The molecular weight excluding hydrogens is 466 g/mol. The Morgan fingerprint density at radius 2 is 1.65 bits per heavy atom. The summed E-state index contributed by atoms with van der Waals surface area (Å²) in [6.07, 6.45) is 3.20. The number of benzene rings is 1. The van der Waals surface area contributed by atoms with Gasteiger partial charge in [-0.2, -0.15) is 10.2 Å². The van der Waals surface area contributed by atoms with Crippen LogP contribution in [0.15, 0.2) is 54.7 Å². The van der Waals surface area contributed by atoms with E-state index in [0.717, 1.165) is 29.1 Å². The molecule has 0 bridgehead atoms. The molecule has 0 aliphatic carbocycles. The zero-order valence-electron chi connectivity index (χ0n) is 21.1. The van der Waals surface area contributed by atoms with Crippen molar-refractivity contribution in [2.24, 2.45) is 7.05 Å². The first-order valence-electron chi connectivity index (χ1n) is 12.6. The van der Waals surface area contributed by atoms with Crippen molar-refractivity contribution >= 4 is 11.8 Å². The van der Waals surface area contributed by atoms with Gasteiger partial charge in [0.05, 0.1) is 24.5 Å². The first-order valence-corrected chi connectivity index (χ1v) is 12.6. The number of rotatable bonds is 4. The highest BCUT2D eigenvalue weighted by atomic mass is 16.2. The van der Waals surface area contributed by atoms with E-state index >= 15 is 0 Å². The van der Waals surface area contributed by atoms with Crippen molar-refractivity contribution in [2.45, 2.75) is 39.4 Å². The normalized spacial score (nSPS) is 14.9. The number of pyridine rings is 1. The van der Waals surface area contributed by atoms with Crippen molar-refractivity contribution in [2.75, 3.05) is 13.1 Å². The third-order valence-electron chi connectivity index (χ3n) is 7.30. The van der Waals surface area contributed by atoms with E-state index in [1.54, 1.807) is 28.9 Å². The summed E-state index contributed by atoms with van der Waals surface area (Å²) in [5.41, 5.74) is 6.95. The minimum atomic E-state index is -0.0869. The molecule has 0 atom stereocenters. The Balaban J connectivity index is 1.34. The van der Waals surface area contributed by atoms with Gasteiger partial charge in [0, 0.05) is 50.6 Å². The molecule has 6 rings (SSSR count). The third kappa shape index (κ3) is 4.30. The van der Waals surface area contributed by atoms with Crippen LogP contribution in [0.4, 0.5) is 0 Å². The van der Waals surface area contributed by atoms with Crippen molar-refractivity contribution in [3.63, 3.8) is 0 Å². The maximum atomic E-state index is 13.9. The standard InChI is InChI=1S/C28H29N7O2/c1-19-15-25(32(2)30-19)27(36)34-14-11-24-23(18-34)26(31-35(24)17-22-9-5-6-12-29-22)28(37)33-13-10-20-7-3-4-8-21(20)16-33/h3-9,12,15H,10-11,13-14,16-18H2,1-2H3. The Hall–Kier alpha value is -4.27. The Morgan fingerprint density at radius 1 is 0.892 bits per heavy atom. The molecule has 37 heavy (non-hydrogen) atoms. The quantitative estimate of drug-likeness (QED) is 0.434. The summed E-state index contributed by atoms with van der Waals surface area (Å²) >= 11 is 0. The molecule has 5 heterocycles. The van der Waals surface area contributed by atoms with Crippen LogP contribution in [-0.4, -0.2) is 59.2 Å². The highest BCUT2D eigenvalue weighted by Crippen LogP contribution is 2.27. The lowest BCUT2D eigenvalue weighted by atomic mass is 9.99. The summed E-state index contributed by atoms with van der Waals surface area (Å²) in [6, 6.07) is 15.9. The van der Waals surface area contributed by atoms with E-state index in [1.165, 1.54) is 11.1 Å². The van der Waals surface area contributed by atoms with E-state index in [-0.39, 0.29) is 11.8 Å². The number of aryl methyl sites for hydroxylation is 2. The number of fused-ring (bicyclic) bond motifs is 2. The molecule has 2 aliphatic heterocycles. The second-order valence-corrected chi connectivity index (χ2v) is 9.77. The number of carbonyl (C=O) groups excluding carboxylic acids is 2. The van der Waals surface area contributed by atoms with Crippen LogP contribution in [0.1, 0.15) is 54.7 Å². The van der Waals surface area contributed by atoms with Crippen molar-refractivity contribution in [1.82, 2.24) is 34.3 Å². The summed E-state index contributed by atoms with van der Waals surface area (Å²) in [5.74, 6) is -0.173. The fourth-order valence-corrected chi connectivity index (χ4v) is 5.40. The molecule has 0 saturated heterocycles. The molecule has 9 heteroatoms. The summed E-state index contributed by atoms with van der Waals surface area (Å²) in [4.78, 5) is 35.4. The number of carbonyl (C=O) groups is 2. The molecule has 188 valence electrons. The molecule has 0 fully saturated rings. The van der Waals surface area contributed by atoms with Crippen LogP contribution in [0, 0.1) is 6.92 Å². The molecule has 0 spiro atoms. The second kappa shape index (κ2) is 9.31. The highest BCUT2D eigenvalue weighted by molar-refractivity contribution is 5.95. The van der Waals surface area contributed by atoms with Gasteiger partial charge in [0.1, 0.15) is 5.69 Å². The summed E-state index contributed by atoms with van der Waals surface area (Å²) in [7, 11) is 1.78. The van der Waals surface area contributed by atoms with E-state index in [2.05, 4.69) is 22.2 Å². The largest absolute Gasteiger partial charge is 0.333 e. The van der Waals surface area contributed by atoms with Gasteiger partial charge in [0.15, 0.2) is 5.69 Å². The third-order valence-corrected chi connectivity index (χ3v) is 7.30. The van der Waals surface area contributed by atoms with Crippen LogP contribution in [0.2, 0.25) is 0 Å². The van der Waals surface area contributed by atoms with Gasteiger partial charge in [-0.15, -0.1) is 0 Å². The summed E-state index contributed by atoms with van der Waals surface area (Å²) < 4.78 is 3.52. The van der Waals surface area contributed by atoms with Gasteiger partial charge in [-0.25, -0.2) is 0 Å². The SMILES string of the molecule is Cc1cc(C(=O)N2CCc3c(c(C(=O)N4CCc5ccccc5C4)nn3Cc3ccccn3)C2)n(C)n1. The van der Waals surface area contributed by atoms with E-state index in [9.17, 15) is 9.59 Å². The number of nitrogens with zero attached hydrogens (tertiary/aromatic N) is 7. The van der Waals surface area contributed by atoms with Gasteiger partial charge in [0.2, 0.25) is 0 Å². The van der Waals surface area contributed by atoms with Crippen molar-refractivity contribution < 1.29 is 9.59 Å². The Labute approximate surface area is 215 Å². The van der Waals surface area contributed by atoms with Crippen LogP contribution < -0.4 is 0 Å². The van der Waals surface area contributed by atoms with Gasteiger partial charge < -0.3 is 9.80 Å². The molecule has 0 N–H and O–H groups in total. The molecule has 9 nitrogen and oxygen atoms in total. The van der Waals surface area contributed by atoms with Gasteiger partial charge in [0.25, 0.3) is 11.8 Å². The molecule has 0 radical (unpaired) electrons. The van der Waals surface area contributed by atoms with Crippen molar-refractivity contribution in [1.29, 1.82) is 0 Å². The van der Waals surface area contributed by atoms with Gasteiger partial charge >= 0.3 is 0 Å². The molecule has 0 unspecified atom stereocenters. The first-order chi connectivity index (χ1) is 18.0. The first kappa shape index (κ1) is 23.1. The second-order valence-electron chi connectivity index (χ2n) is 9.77. The average molecular weight is 496 g/mol. The Morgan fingerprint density at radius 3 is 2.41 bits per heavy atom. The topological polar surface area (TPSA) is 89.2 Å². The van der Waals surface area contributed by atoms with Crippen molar-refractivity contribution in [3.8, 4) is 0 Å². The lowest BCUT2D eigenvalue weighted by Crippen LogP contribution is -2.39. The number of amides is 2. The molecule has 2 amide bonds. The van der Waals surface area contributed by atoms with Gasteiger partial charge in [-0.3, -0.25) is 23.9 Å². The average Bonchev–Trinajstić information content (AvgIpc) is 3.46.